The molecule has 0 fully saturated rings. The van der Waals surface area contributed by atoms with Gasteiger partial charge < -0.3 is 5.73 Å². The molecule has 0 unspecified atom stereocenters. The molecule has 0 bridgehead atoms. The summed E-state index contributed by atoms with van der Waals surface area (Å²) in [4.78, 5) is 11.1. The lowest BCUT2D eigenvalue weighted by atomic mass is 10.0. The Bertz CT molecular complexity index is 889. The van der Waals surface area contributed by atoms with E-state index in [9.17, 15) is 4.79 Å². The fourth-order valence-electron chi connectivity index (χ4n) is 2.41. The van der Waals surface area contributed by atoms with E-state index < -0.39 is 6.03 Å². The van der Waals surface area contributed by atoms with E-state index in [1.165, 1.54) is 0 Å². The lowest BCUT2D eigenvalue weighted by Gasteiger charge is -2.06. The van der Waals surface area contributed by atoms with Crippen LogP contribution in [-0.2, 0) is 7.05 Å². The predicted molar refractivity (Wildman–Crippen MR) is 89.4 cm³/mol. The smallest absolute Gasteiger partial charge is 0.317 e. The van der Waals surface area contributed by atoms with E-state index in [4.69, 9.17) is 28.9 Å². The van der Waals surface area contributed by atoms with Crippen LogP contribution in [0.3, 0.4) is 0 Å². The van der Waals surface area contributed by atoms with E-state index in [1.807, 2.05) is 24.3 Å². The number of rotatable bonds is 2. The van der Waals surface area contributed by atoms with Crippen molar-refractivity contribution in [2.75, 3.05) is 5.32 Å². The molecule has 0 radical (unpaired) electrons. The maximum absolute atomic E-state index is 11.1. The molecule has 0 aliphatic carbocycles. The third-order valence-electron chi connectivity index (χ3n) is 3.33. The van der Waals surface area contributed by atoms with Crippen molar-refractivity contribution >= 4 is 46.0 Å². The van der Waals surface area contributed by atoms with Gasteiger partial charge in [0.05, 0.1) is 0 Å². The molecule has 3 rings (SSSR count). The van der Waals surface area contributed by atoms with Gasteiger partial charge >= 0.3 is 6.03 Å². The summed E-state index contributed by atoms with van der Waals surface area (Å²) in [5.74, 6) is 0.537. The molecule has 0 saturated carbocycles. The minimum atomic E-state index is -0.639. The molecule has 22 heavy (non-hydrogen) atoms. The van der Waals surface area contributed by atoms with Crippen molar-refractivity contribution in [2.24, 2.45) is 12.8 Å². The fourth-order valence-corrected chi connectivity index (χ4v) is 2.92. The average Bonchev–Trinajstić information content (AvgIpc) is 2.75. The zero-order valence-electron chi connectivity index (χ0n) is 11.6. The van der Waals surface area contributed by atoms with Gasteiger partial charge in [-0.25, -0.2) is 4.79 Å². The highest BCUT2D eigenvalue weighted by Crippen LogP contribution is 2.36. The topological polar surface area (TPSA) is 72.9 Å². The van der Waals surface area contributed by atoms with Crippen LogP contribution in [0.4, 0.5) is 10.6 Å². The second kappa shape index (κ2) is 5.51. The number of carbonyl (C=O) groups is 1. The van der Waals surface area contributed by atoms with Crippen molar-refractivity contribution in [3.8, 4) is 11.1 Å². The van der Waals surface area contributed by atoms with Crippen molar-refractivity contribution in [1.82, 2.24) is 9.78 Å². The van der Waals surface area contributed by atoms with E-state index in [2.05, 4.69) is 10.4 Å². The molecule has 0 aliphatic heterocycles. The van der Waals surface area contributed by atoms with Crippen molar-refractivity contribution in [2.45, 2.75) is 0 Å². The van der Waals surface area contributed by atoms with Gasteiger partial charge in [-0.15, -0.1) is 0 Å². The number of hydrogen-bond donors (Lipinski definition) is 2. The van der Waals surface area contributed by atoms with Gasteiger partial charge in [-0.3, -0.25) is 10.00 Å². The second-order valence-corrected chi connectivity index (χ2v) is 5.63. The van der Waals surface area contributed by atoms with E-state index in [1.54, 1.807) is 23.9 Å². The summed E-state index contributed by atoms with van der Waals surface area (Å²) >= 11 is 12.2. The van der Waals surface area contributed by atoms with Gasteiger partial charge in [-0.05, 0) is 18.2 Å². The monoisotopic (exact) mass is 334 g/mol. The molecule has 2 aromatic carbocycles. The van der Waals surface area contributed by atoms with Crippen LogP contribution < -0.4 is 11.1 Å². The molecule has 0 atom stereocenters. The number of nitrogens with one attached hydrogen (secondary N) is 1. The van der Waals surface area contributed by atoms with Crippen molar-refractivity contribution in [1.29, 1.82) is 0 Å². The number of benzene rings is 2. The van der Waals surface area contributed by atoms with Crippen LogP contribution in [0.25, 0.3) is 22.0 Å². The van der Waals surface area contributed by atoms with Crippen molar-refractivity contribution in [3.63, 3.8) is 0 Å². The summed E-state index contributed by atoms with van der Waals surface area (Å²) in [6.07, 6.45) is 0. The molecule has 2 amide bonds. The SMILES string of the molecule is Cn1nc2c(-c3ccc(Cl)cc3Cl)cccc2c1NC(N)=O. The molecule has 1 aromatic heterocycles. The Morgan fingerprint density at radius 2 is 2.00 bits per heavy atom. The molecule has 3 aromatic rings. The second-order valence-electron chi connectivity index (χ2n) is 4.79. The van der Waals surface area contributed by atoms with Gasteiger partial charge in [0.2, 0.25) is 0 Å². The number of fused-ring (bicyclic) bond motifs is 1. The first kappa shape index (κ1) is 14.7. The maximum Gasteiger partial charge on any atom is 0.317 e. The number of urea groups is 1. The van der Waals surface area contributed by atoms with Gasteiger partial charge in [0.15, 0.2) is 0 Å². The normalized spacial score (nSPS) is 10.9. The number of hydrogen-bond acceptors (Lipinski definition) is 2. The number of anilines is 1. The molecule has 0 saturated heterocycles. The molecule has 112 valence electrons. The zero-order chi connectivity index (χ0) is 15.9. The average molecular weight is 335 g/mol. The van der Waals surface area contributed by atoms with E-state index in [0.717, 1.165) is 22.0 Å². The lowest BCUT2D eigenvalue weighted by Crippen LogP contribution is -2.21. The standard InChI is InChI=1S/C15H12Cl2N4O/c1-21-14(19-15(18)22)11-4-2-3-10(13(11)20-21)9-6-5-8(16)7-12(9)17/h2-7H,1H3,(H3,18,19,22). The Morgan fingerprint density at radius 1 is 1.23 bits per heavy atom. The Kier molecular flexibility index (Phi) is 3.68. The van der Waals surface area contributed by atoms with Crippen LogP contribution in [0, 0.1) is 0 Å². The number of aromatic nitrogens is 2. The first-order chi connectivity index (χ1) is 10.5. The fraction of sp³-hybridized carbons (Fsp3) is 0.0667. The molecular weight excluding hydrogens is 323 g/mol. The number of carbonyl (C=O) groups excluding carboxylic acids is 1. The number of nitrogens with two attached hydrogens (primary N) is 1. The zero-order valence-corrected chi connectivity index (χ0v) is 13.1. The van der Waals surface area contributed by atoms with Crippen molar-refractivity contribution in [3.05, 3.63) is 46.4 Å². The van der Waals surface area contributed by atoms with Gasteiger partial charge in [0, 0.05) is 33.6 Å². The Balaban J connectivity index is 2.25. The van der Waals surface area contributed by atoms with Gasteiger partial charge in [-0.1, -0.05) is 41.4 Å². The third-order valence-corrected chi connectivity index (χ3v) is 3.88. The predicted octanol–water partition coefficient (Wildman–Crippen LogP) is 4.04. The van der Waals surface area contributed by atoms with E-state index in [-0.39, 0.29) is 0 Å². The van der Waals surface area contributed by atoms with E-state index in [0.29, 0.717) is 15.9 Å². The molecule has 0 spiro atoms. The van der Waals surface area contributed by atoms with Crippen LogP contribution in [-0.4, -0.2) is 15.8 Å². The Labute approximate surface area is 136 Å². The third kappa shape index (κ3) is 2.49. The highest BCUT2D eigenvalue weighted by Gasteiger charge is 2.15. The first-order valence-electron chi connectivity index (χ1n) is 6.45. The first-order valence-corrected chi connectivity index (χ1v) is 7.20. The highest BCUT2D eigenvalue weighted by atomic mass is 35.5. The van der Waals surface area contributed by atoms with Crippen LogP contribution in [0.15, 0.2) is 36.4 Å². The van der Waals surface area contributed by atoms with Crippen molar-refractivity contribution < 1.29 is 4.79 Å². The Hall–Kier alpha value is -2.24. The van der Waals surface area contributed by atoms with Gasteiger partial charge in [0.1, 0.15) is 11.3 Å². The summed E-state index contributed by atoms with van der Waals surface area (Å²) in [6.45, 7) is 0. The van der Waals surface area contributed by atoms with Gasteiger partial charge in [0.25, 0.3) is 0 Å². The quantitative estimate of drug-likeness (QED) is 0.742. The highest BCUT2D eigenvalue weighted by molar-refractivity contribution is 6.36. The summed E-state index contributed by atoms with van der Waals surface area (Å²) in [6, 6.07) is 10.3. The summed E-state index contributed by atoms with van der Waals surface area (Å²) in [5, 5.41) is 8.93. The molecule has 7 heteroatoms. The molecule has 3 N–H and O–H groups in total. The lowest BCUT2D eigenvalue weighted by molar-refractivity contribution is 0.259. The molecule has 5 nitrogen and oxygen atoms in total. The Morgan fingerprint density at radius 3 is 2.68 bits per heavy atom. The van der Waals surface area contributed by atoms with Gasteiger partial charge in [-0.2, -0.15) is 5.10 Å². The maximum atomic E-state index is 11.1. The molecule has 0 aliphatic rings. The number of primary amides is 1. The number of nitrogens with zero attached hydrogens (tertiary/aromatic N) is 2. The minimum Gasteiger partial charge on any atom is -0.351 e. The molecule has 1 heterocycles. The number of amides is 2. The summed E-state index contributed by atoms with van der Waals surface area (Å²) < 4.78 is 1.57. The number of halogens is 2. The number of aryl methyl sites for hydroxylation is 1. The summed E-state index contributed by atoms with van der Waals surface area (Å²) in [7, 11) is 1.73. The van der Waals surface area contributed by atoms with Crippen LogP contribution in [0.1, 0.15) is 0 Å². The minimum absolute atomic E-state index is 0.537. The van der Waals surface area contributed by atoms with Crippen LogP contribution >= 0.6 is 23.2 Å². The van der Waals surface area contributed by atoms with Crippen LogP contribution in [0.5, 0.6) is 0 Å². The largest absolute Gasteiger partial charge is 0.351 e. The van der Waals surface area contributed by atoms with E-state index >= 15 is 0 Å². The van der Waals surface area contributed by atoms with Crippen LogP contribution in [0.2, 0.25) is 10.0 Å². The summed E-state index contributed by atoms with van der Waals surface area (Å²) in [5.41, 5.74) is 7.60. The molecular formula is C15H12Cl2N4O.